The molecule has 1 saturated heterocycles. The summed E-state index contributed by atoms with van der Waals surface area (Å²) in [5.41, 5.74) is 0.842. The molecule has 0 radical (unpaired) electrons. The van der Waals surface area contributed by atoms with Gasteiger partial charge in [0, 0.05) is 31.8 Å². The highest BCUT2D eigenvalue weighted by molar-refractivity contribution is 6.00. The molecule has 0 unspecified atom stereocenters. The number of hydrogen-bond donors (Lipinski definition) is 1. The number of carbonyl (C=O) groups excluding carboxylic acids is 2. The molecule has 2 heterocycles. The molecule has 0 spiro atoms. The molecule has 6 nitrogen and oxygen atoms in total. The van der Waals surface area contributed by atoms with Crippen LogP contribution in [0.15, 0.2) is 53.1 Å². The molecule has 3 rings (SSSR count). The Kier molecular flexibility index (Phi) is 5.85. The third-order valence-corrected chi connectivity index (χ3v) is 4.15. The van der Waals surface area contributed by atoms with Gasteiger partial charge in [0.2, 0.25) is 11.8 Å². The molecule has 1 fully saturated rings. The van der Waals surface area contributed by atoms with Crippen molar-refractivity contribution in [1.29, 1.82) is 0 Å². The van der Waals surface area contributed by atoms with Gasteiger partial charge in [-0.15, -0.1) is 0 Å². The van der Waals surface area contributed by atoms with Gasteiger partial charge in [-0.2, -0.15) is 0 Å². The molecular weight excluding hydrogens is 320 g/mol. The van der Waals surface area contributed by atoms with Crippen LogP contribution in [-0.4, -0.2) is 31.5 Å². The predicted octanol–water partition coefficient (Wildman–Crippen LogP) is 2.36. The number of benzene rings is 1. The molecule has 25 heavy (non-hydrogen) atoms. The number of carbonyl (C=O) groups is 2. The van der Waals surface area contributed by atoms with Crippen molar-refractivity contribution in [2.24, 2.45) is 5.92 Å². The topological polar surface area (TPSA) is 71.8 Å². The van der Waals surface area contributed by atoms with E-state index in [1.165, 1.54) is 0 Å². The average molecular weight is 342 g/mol. The van der Waals surface area contributed by atoms with Gasteiger partial charge in [0.15, 0.2) is 0 Å². The first kappa shape index (κ1) is 17.2. The third kappa shape index (κ3) is 4.70. The van der Waals surface area contributed by atoms with Crippen molar-refractivity contribution in [2.45, 2.75) is 19.4 Å². The summed E-state index contributed by atoms with van der Waals surface area (Å²) < 4.78 is 10.6. The maximum atomic E-state index is 12.2. The van der Waals surface area contributed by atoms with Crippen LogP contribution in [0.4, 0.5) is 5.69 Å². The van der Waals surface area contributed by atoms with E-state index >= 15 is 0 Å². The van der Waals surface area contributed by atoms with Crippen LogP contribution in [0.3, 0.4) is 0 Å². The van der Waals surface area contributed by atoms with Gasteiger partial charge in [-0.3, -0.25) is 9.59 Å². The van der Waals surface area contributed by atoms with Crippen LogP contribution in [0.2, 0.25) is 0 Å². The highest BCUT2D eigenvalue weighted by Crippen LogP contribution is 2.24. The number of furan rings is 1. The zero-order valence-electron chi connectivity index (χ0n) is 14.0. The summed E-state index contributed by atoms with van der Waals surface area (Å²) in [6, 6.07) is 13.1. The van der Waals surface area contributed by atoms with E-state index in [0.717, 1.165) is 17.9 Å². The molecule has 2 aromatic rings. The van der Waals surface area contributed by atoms with Crippen LogP contribution in [0.1, 0.15) is 18.6 Å². The van der Waals surface area contributed by atoms with Crippen molar-refractivity contribution in [3.63, 3.8) is 0 Å². The van der Waals surface area contributed by atoms with Crippen LogP contribution in [0, 0.1) is 5.92 Å². The zero-order valence-corrected chi connectivity index (χ0v) is 14.0. The van der Waals surface area contributed by atoms with Crippen molar-refractivity contribution in [2.75, 3.05) is 24.6 Å². The summed E-state index contributed by atoms with van der Waals surface area (Å²) in [7, 11) is 0. The fourth-order valence-corrected chi connectivity index (χ4v) is 2.84. The van der Waals surface area contributed by atoms with Gasteiger partial charge in [-0.25, -0.2) is 0 Å². The van der Waals surface area contributed by atoms with Crippen LogP contribution in [0.5, 0.6) is 0 Å². The van der Waals surface area contributed by atoms with Crippen molar-refractivity contribution < 1.29 is 18.7 Å². The standard InChI is InChI=1S/C19H22N2O4/c22-18-12-15(13-21(18)16-6-2-1-3-7-16)19(23)20-9-5-10-24-14-17-8-4-11-25-17/h1-4,6-8,11,15H,5,9-10,12-14H2,(H,20,23)/t15-/m0/s1. The van der Waals surface area contributed by atoms with Crippen LogP contribution in [-0.2, 0) is 20.9 Å². The maximum Gasteiger partial charge on any atom is 0.227 e. The van der Waals surface area contributed by atoms with Crippen LogP contribution < -0.4 is 10.2 Å². The number of rotatable bonds is 8. The van der Waals surface area contributed by atoms with E-state index < -0.39 is 0 Å². The lowest BCUT2D eigenvalue weighted by Gasteiger charge is -2.16. The number of anilines is 1. The Balaban J connectivity index is 1.35. The SMILES string of the molecule is O=C(NCCCOCc1ccco1)[C@H]1CC(=O)N(c2ccccc2)C1. The summed E-state index contributed by atoms with van der Waals surface area (Å²) in [6.45, 7) is 1.95. The third-order valence-electron chi connectivity index (χ3n) is 4.15. The minimum absolute atomic E-state index is 0.00636. The van der Waals surface area contributed by atoms with E-state index in [4.69, 9.17) is 9.15 Å². The van der Waals surface area contributed by atoms with Crippen LogP contribution >= 0.6 is 0 Å². The first-order valence-corrected chi connectivity index (χ1v) is 8.47. The number of para-hydroxylation sites is 1. The number of ether oxygens (including phenoxy) is 1. The minimum atomic E-state index is -0.295. The predicted molar refractivity (Wildman–Crippen MR) is 92.9 cm³/mol. The minimum Gasteiger partial charge on any atom is -0.467 e. The smallest absolute Gasteiger partial charge is 0.227 e. The van der Waals surface area contributed by atoms with Gasteiger partial charge >= 0.3 is 0 Å². The Hall–Kier alpha value is -2.60. The van der Waals surface area contributed by atoms with Crippen molar-refractivity contribution in [1.82, 2.24) is 5.32 Å². The molecule has 0 bridgehead atoms. The average Bonchev–Trinajstić information content (AvgIpc) is 3.28. The normalized spacial score (nSPS) is 17.0. The van der Waals surface area contributed by atoms with E-state index in [9.17, 15) is 9.59 Å². The van der Waals surface area contributed by atoms with Crippen molar-refractivity contribution in [3.05, 3.63) is 54.5 Å². The lowest BCUT2D eigenvalue weighted by molar-refractivity contribution is -0.126. The van der Waals surface area contributed by atoms with E-state index in [2.05, 4.69) is 5.32 Å². The number of hydrogen-bond acceptors (Lipinski definition) is 4. The second-order valence-corrected chi connectivity index (χ2v) is 6.02. The Morgan fingerprint density at radius 1 is 1.24 bits per heavy atom. The molecule has 1 atom stereocenters. The quantitative estimate of drug-likeness (QED) is 0.748. The fourth-order valence-electron chi connectivity index (χ4n) is 2.84. The molecule has 1 aromatic carbocycles. The lowest BCUT2D eigenvalue weighted by Crippen LogP contribution is -2.33. The summed E-state index contributed by atoms with van der Waals surface area (Å²) in [6.07, 6.45) is 2.59. The summed E-state index contributed by atoms with van der Waals surface area (Å²) >= 11 is 0. The van der Waals surface area contributed by atoms with E-state index in [1.54, 1.807) is 11.2 Å². The van der Waals surface area contributed by atoms with Gasteiger partial charge < -0.3 is 19.4 Å². The summed E-state index contributed by atoms with van der Waals surface area (Å²) in [5.74, 6) is 0.414. The molecule has 2 amide bonds. The van der Waals surface area contributed by atoms with Gasteiger partial charge in [-0.05, 0) is 30.7 Å². The van der Waals surface area contributed by atoms with E-state index in [0.29, 0.717) is 26.3 Å². The molecule has 6 heteroatoms. The molecule has 1 aliphatic heterocycles. The molecule has 0 saturated carbocycles. The maximum absolute atomic E-state index is 12.2. The summed E-state index contributed by atoms with van der Waals surface area (Å²) in [5, 5.41) is 2.89. The number of amides is 2. The highest BCUT2D eigenvalue weighted by Gasteiger charge is 2.34. The van der Waals surface area contributed by atoms with Crippen molar-refractivity contribution in [3.8, 4) is 0 Å². The number of nitrogens with zero attached hydrogens (tertiary/aromatic N) is 1. The Labute approximate surface area is 146 Å². The molecule has 1 aliphatic rings. The summed E-state index contributed by atoms with van der Waals surface area (Å²) in [4.78, 5) is 26.1. The van der Waals surface area contributed by atoms with Gasteiger partial charge in [0.1, 0.15) is 12.4 Å². The molecule has 0 aliphatic carbocycles. The van der Waals surface area contributed by atoms with Crippen molar-refractivity contribution >= 4 is 17.5 Å². The Morgan fingerprint density at radius 2 is 2.08 bits per heavy atom. The first-order valence-electron chi connectivity index (χ1n) is 8.47. The Morgan fingerprint density at radius 3 is 2.84 bits per heavy atom. The lowest BCUT2D eigenvalue weighted by atomic mass is 10.1. The first-order chi connectivity index (χ1) is 12.2. The zero-order chi connectivity index (χ0) is 17.5. The molecular formula is C19H22N2O4. The van der Waals surface area contributed by atoms with E-state index in [1.807, 2.05) is 42.5 Å². The monoisotopic (exact) mass is 342 g/mol. The second-order valence-electron chi connectivity index (χ2n) is 6.02. The second kappa shape index (κ2) is 8.48. The van der Waals surface area contributed by atoms with Crippen LogP contribution in [0.25, 0.3) is 0 Å². The highest BCUT2D eigenvalue weighted by atomic mass is 16.5. The molecule has 1 aromatic heterocycles. The number of nitrogens with one attached hydrogen (secondary N) is 1. The Bertz CT molecular complexity index is 685. The van der Waals surface area contributed by atoms with Gasteiger partial charge in [-0.1, -0.05) is 18.2 Å². The molecule has 1 N–H and O–H groups in total. The molecule has 132 valence electrons. The van der Waals surface area contributed by atoms with Gasteiger partial charge in [0.25, 0.3) is 0 Å². The fraction of sp³-hybridized carbons (Fsp3) is 0.368. The van der Waals surface area contributed by atoms with E-state index in [-0.39, 0.29) is 24.2 Å². The largest absolute Gasteiger partial charge is 0.467 e. The van der Waals surface area contributed by atoms with Gasteiger partial charge in [0.05, 0.1) is 12.2 Å².